The summed E-state index contributed by atoms with van der Waals surface area (Å²) in [5, 5.41) is 11.1. The Labute approximate surface area is 200 Å². The van der Waals surface area contributed by atoms with Crippen LogP contribution in [0.25, 0.3) is 0 Å². The summed E-state index contributed by atoms with van der Waals surface area (Å²) >= 11 is 1.74. The van der Waals surface area contributed by atoms with E-state index in [1.54, 1.807) is 17.5 Å². The highest BCUT2D eigenvalue weighted by atomic mass is 127. The van der Waals surface area contributed by atoms with E-state index in [4.69, 9.17) is 9.73 Å². The summed E-state index contributed by atoms with van der Waals surface area (Å²) in [6.45, 7) is 7.06. The van der Waals surface area contributed by atoms with Crippen LogP contribution in [0.4, 0.5) is 0 Å². The van der Waals surface area contributed by atoms with Crippen molar-refractivity contribution in [3.05, 3.63) is 82.3 Å². The van der Waals surface area contributed by atoms with Crippen LogP contribution in [-0.2, 0) is 13.2 Å². The van der Waals surface area contributed by atoms with Gasteiger partial charge in [-0.15, -0.1) is 24.0 Å². The highest BCUT2D eigenvalue weighted by Gasteiger charge is 2.07. The van der Waals surface area contributed by atoms with Crippen molar-refractivity contribution in [3.8, 4) is 5.75 Å². The van der Waals surface area contributed by atoms with Gasteiger partial charge < -0.3 is 15.4 Å². The minimum absolute atomic E-state index is 0. The van der Waals surface area contributed by atoms with Crippen molar-refractivity contribution in [1.29, 1.82) is 0 Å². The van der Waals surface area contributed by atoms with Gasteiger partial charge in [0.15, 0.2) is 5.96 Å². The quantitative estimate of drug-likeness (QED) is 0.224. The van der Waals surface area contributed by atoms with Gasteiger partial charge in [0.1, 0.15) is 12.4 Å². The number of aliphatic imine (C=N–C) groups is 1. The van der Waals surface area contributed by atoms with E-state index in [0.29, 0.717) is 19.1 Å². The van der Waals surface area contributed by atoms with Gasteiger partial charge in [-0.2, -0.15) is 11.3 Å². The fraction of sp³-hybridized carbons (Fsp3) is 0.304. The number of nitrogens with zero attached hydrogens (tertiary/aromatic N) is 2. The van der Waals surface area contributed by atoms with Gasteiger partial charge in [0.05, 0.1) is 12.2 Å². The highest BCUT2D eigenvalue weighted by Crippen LogP contribution is 2.17. The van der Waals surface area contributed by atoms with Crippen LogP contribution in [0, 0.1) is 0 Å². The Bertz CT molecular complexity index is 870. The van der Waals surface area contributed by atoms with E-state index in [1.807, 2.05) is 30.3 Å². The molecule has 3 aromatic rings. The maximum atomic E-state index is 5.79. The Morgan fingerprint density at radius 3 is 2.63 bits per heavy atom. The zero-order valence-electron chi connectivity index (χ0n) is 17.4. The monoisotopic (exact) mass is 536 g/mol. The lowest BCUT2D eigenvalue weighted by atomic mass is 10.1. The van der Waals surface area contributed by atoms with Crippen LogP contribution in [0.5, 0.6) is 5.75 Å². The second-order valence-corrected chi connectivity index (χ2v) is 7.57. The van der Waals surface area contributed by atoms with Gasteiger partial charge in [-0.25, -0.2) is 4.99 Å². The maximum absolute atomic E-state index is 5.79. The summed E-state index contributed by atoms with van der Waals surface area (Å²) in [6, 6.07) is 16.1. The number of nitrogens with one attached hydrogen (secondary N) is 2. The number of thiophene rings is 1. The number of halogens is 1. The normalized spacial score (nSPS) is 12.0. The number of rotatable bonds is 9. The SMILES string of the molecule is CCNC(=NCc1ccc(OCc2ccccn2)cc1)NCC(C)c1ccsc1.I. The second-order valence-electron chi connectivity index (χ2n) is 6.79. The summed E-state index contributed by atoms with van der Waals surface area (Å²) < 4.78 is 5.79. The van der Waals surface area contributed by atoms with Crippen molar-refractivity contribution in [2.24, 2.45) is 4.99 Å². The molecule has 30 heavy (non-hydrogen) atoms. The smallest absolute Gasteiger partial charge is 0.191 e. The molecule has 0 spiro atoms. The molecule has 0 fully saturated rings. The van der Waals surface area contributed by atoms with Gasteiger partial charge in [0.2, 0.25) is 0 Å². The molecule has 2 N–H and O–H groups in total. The predicted molar refractivity (Wildman–Crippen MR) is 136 cm³/mol. The molecule has 0 radical (unpaired) electrons. The second kappa shape index (κ2) is 13.2. The third-order valence-electron chi connectivity index (χ3n) is 4.49. The molecule has 0 aliphatic heterocycles. The zero-order chi connectivity index (χ0) is 20.3. The van der Waals surface area contributed by atoms with Crippen LogP contribution in [0.1, 0.15) is 36.6 Å². The molecule has 160 valence electrons. The molecule has 0 bridgehead atoms. The molecule has 0 saturated heterocycles. The van der Waals surface area contributed by atoms with E-state index in [1.165, 1.54) is 5.56 Å². The molecule has 7 heteroatoms. The van der Waals surface area contributed by atoms with Crippen molar-refractivity contribution in [3.63, 3.8) is 0 Å². The number of aromatic nitrogens is 1. The third-order valence-corrected chi connectivity index (χ3v) is 5.19. The largest absolute Gasteiger partial charge is 0.487 e. The third kappa shape index (κ3) is 7.95. The van der Waals surface area contributed by atoms with Gasteiger partial charge in [-0.3, -0.25) is 4.98 Å². The molecule has 2 heterocycles. The van der Waals surface area contributed by atoms with Crippen molar-refractivity contribution < 1.29 is 4.74 Å². The maximum Gasteiger partial charge on any atom is 0.191 e. The van der Waals surface area contributed by atoms with Crippen molar-refractivity contribution >= 4 is 41.3 Å². The van der Waals surface area contributed by atoms with Gasteiger partial charge in [0.25, 0.3) is 0 Å². The molecule has 5 nitrogen and oxygen atoms in total. The Balaban J connectivity index is 0.00000320. The first kappa shape index (κ1) is 24.1. The average Bonchev–Trinajstić information content (AvgIpc) is 3.30. The number of benzene rings is 1. The van der Waals surface area contributed by atoms with E-state index in [2.05, 4.69) is 58.4 Å². The molecule has 1 atom stereocenters. The first-order valence-electron chi connectivity index (χ1n) is 9.90. The van der Waals surface area contributed by atoms with E-state index in [0.717, 1.165) is 36.1 Å². The number of guanidine groups is 1. The molecule has 0 aliphatic rings. The average molecular weight is 536 g/mol. The molecule has 0 amide bonds. The Morgan fingerprint density at radius 1 is 1.13 bits per heavy atom. The van der Waals surface area contributed by atoms with Crippen molar-refractivity contribution in [2.45, 2.75) is 32.9 Å². The van der Waals surface area contributed by atoms with E-state index >= 15 is 0 Å². The molecule has 1 aromatic carbocycles. The Hall–Kier alpha value is -2.13. The Kier molecular flexibility index (Phi) is 10.6. The lowest BCUT2D eigenvalue weighted by molar-refractivity contribution is 0.301. The highest BCUT2D eigenvalue weighted by molar-refractivity contribution is 14.0. The molecular formula is C23H29IN4OS. The topological polar surface area (TPSA) is 58.5 Å². The minimum Gasteiger partial charge on any atom is -0.487 e. The van der Waals surface area contributed by atoms with Crippen molar-refractivity contribution in [2.75, 3.05) is 13.1 Å². The van der Waals surface area contributed by atoms with Crippen molar-refractivity contribution in [1.82, 2.24) is 15.6 Å². The van der Waals surface area contributed by atoms with E-state index in [-0.39, 0.29) is 24.0 Å². The number of pyridine rings is 1. The van der Waals surface area contributed by atoms with E-state index < -0.39 is 0 Å². The van der Waals surface area contributed by atoms with Crippen LogP contribution in [0.2, 0.25) is 0 Å². The van der Waals surface area contributed by atoms with Crippen LogP contribution < -0.4 is 15.4 Å². The minimum atomic E-state index is 0. The Morgan fingerprint density at radius 2 is 1.97 bits per heavy atom. The lowest BCUT2D eigenvalue weighted by Crippen LogP contribution is -2.39. The van der Waals surface area contributed by atoms with Gasteiger partial charge in [-0.05, 0) is 65.1 Å². The summed E-state index contributed by atoms with van der Waals surface area (Å²) in [5.74, 6) is 2.11. The fourth-order valence-electron chi connectivity index (χ4n) is 2.77. The zero-order valence-corrected chi connectivity index (χ0v) is 20.5. The predicted octanol–water partition coefficient (Wildman–Crippen LogP) is 5.20. The molecule has 2 aromatic heterocycles. The lowest BCUT2D eigenvalue weighted by Gasteiger charge is -2.15. The van der Waals surface area contributed by atoms with Crippen LogP contribution in [0.15, 0.2) is 70.5 Å². The van der Waals surface area contributed by atoms with Crippen LogP contribution >= 0.6 is 35.3 Å². The van der Waals surface area contributed by atoms with Crippen LogP contribution in [0.3, 0.4) is 0 Å². The molecule has 0 saturated carbocycles. The molecular weight excluding hydrogens is 507 g/mol. The standard InChI is InChI=1S/C23H28N4OS.HI/c1-3-24-23(26-14-18(2)20-11-13-29-17-20)27-15-19-7-9-22(10-8-19)28-16-21-6-4-5-12-25-21;/h4-13,17-18H,3,14-16H2,1-2H3,(H2,24,26,27);1H. The number of ether oxygens (including phenoxy) is 1. The first-order chi connectivity index (χ1) is 14.2. The molecule has 3 rings (SSSR count). The summed E-state index contributed by atoms with van der Waals surface area (Å²) in [6.07, 6.45) is 1.77. The van der Waals surface area contributed by atoms with Gasteiger partial charge >= 0.3 is 0 Å². The first-order valence-corrected chi connectivity index (χ1v) is 10.8. The number of hydrogen-bond acceptors (Lipinski definition) is 4. The van der Waals surface area contributed by atoms with Gasteiger partial charge in [-0.1, -0.05) is 25.1 Å². The summed E-state index contributed by atoms with van der Waals surface area (Å²) in [5.41, 5.74) is 3.41. The van der Waals surface area contributed by atoms with Crippen LogP contribution in [-0.4, -0.2) is 24.0 Å². The fourth-order valence-corrected chi connectivity index (χ4v) is 3.55. The molecule has 1 unspecified atom stereocenters. The number of hydrogen-bond donors (Lipinski definition) is 2. The van der Waals surface area contributed by atoms with E-state index in [9.17, 15) is 0 Å². The van der Waals surface area contributed by atoms with Gasteiger partial charge in [0, 0.05) is 19.3 Å². The summed E-state index contributed by atoms with van der Waals surface area (Å²) in [7, 11) is 0. The molecule has 0 aliphatic carbocycles. The summed E-state index contributed by atoms with van der Waals surface area (Å²) in [4.78, 5) is 8.97.